The topological polar surface area (TPSA) is 29.9 Å². The van der Waals surface area contributed by atoms with Gasteiger partial charge in [0, 0.05) is 30.9 Å². The molecule has 0 aliphatic heterocycles. The highest BCUT2D eigenvalue weighted by molar-refractivity contribution is 5.80. The monoisotopic (exact) mass is 287 g/mol. The first-order valence-corrected chi connectivity index (χ1v) is 8.25. The Balaban J connectivity index is 2.17. The maximum absolute atomic E-state index is 4.59. The fraction of sp³-hybridized carbons (Fsp3) is 0.611. The fourth-order valence-electron chi connectivity index (χ4n) is 2.89. The Morgan fingerprint density at radius 3 is 2.81 bits per heavy atom. The van der Waals surface area contributed by atoms with Crippen molar-refractivity contribution in [2.45, 2.75) is 53.6 Å². The van der Waals surface area contributed by atoms with E-state index in [-0.39, 0.29) is 0 Å². The Hall–Kier alpha value is -1.35. The lowest BCUT2D eigenvalue weighted by molar-refractivity contribution is 0.451. The molecule has 2 aromatic heterocycles. The van der Waals surface area contributed by atoms with Crippen LogP contribution >= 0.6 is 0 Å². The summed E-state index contributed by atoms with van der Waals surface area (Å²) in [6, 6.07) is 4.23. The van der Waals surface area contributed by atoms with Gasteiger partial charge < -0.3 is 9.88 Å². The molecule has 21 heavy (non-hydrogen) atoms. The highest BCUT2D eigenvalue weighted by Gasteiger charge is 2.11. The Labute approximate surface area is 128 Å². The van der Waals surface area contributed by atoms with Gasteiger partial charge in [0.1, 0.15) is 5.65 Å². The summed E-state index contributed by atoms with van der Waals surface area (Å²) >= 11 is 0. The van der Waals surface area contributed by atoms with Crippen LogP contribution in [0.15, 0.2) is 24.5 Å². The summed E-state index contributed by atoms with van der Waals surface area (Å²) in [6.45, 7) is 12.1. The molecule has 0 bridgehead atoms. The van der Waals surface area contributed by atoms with Crippen molar-refractivity contribution < 1.29 is 0 Å². The molecule has 1 atom stereocenters. The predicted molar refractivity (Wildman–Crippen MR) is 90.3 cm³/mol. The van der Waals surface area contributed by atoms with E-state index < -0.39 is 0 Å². The minimum absolute atomic E-state index is 0.682. The van der Waals surface area contributed by atoms with Crippen molar-refractivity contribution in [3.05, 3.63) is 30.1 Å². The molecule has 0 aliphatic rings. The summed E-state index contributed by atoms with van der Waals surface area (Å²) in [5.74, 6) is 1.38. The zero-order chi connectivity index (χ0) is 15.2. The molecule has 0 saturated carbocycles. The molecular formula is C18H29N3. The zero-order valence-corrected chi connectivity index (χ0v) is 13.9. The van der Waals surface area contributed by atoms with Crippen LogP contribution in [0.5, 0.6) is 0 Å². The van der Waals surface area contributed by atoms with Crippen LogP contribution in [0.3, 0.4) is 0 Å². The standard InChI is InChI=1S/C18H29N3/c1-5-7-15(4)12-21-13-16(11-19-10-14(2)3)17-8-6-9-20-18(17)21/h6,8-9,13-15,19H,5,7,10-12H2,1-4H3. The van der Waals surface area contributed by atoms with Gasteiger partial charge in [-0.05, 0) is 42.5 Å². The molecule has 3 heteroatoms. The summed E-state index contributed by atoms with van der Waals surface area (Å²) in [4.78, 5) is 4.59. The van der Waals surface area contributed by atoms with Crippen molar-refractivity contribution in [2.75, 3.05) is 6.54 Å². The summed E-state index contributed by atoms with van der Waals surface area (Å²) in [7, 11) is 0. The molecule has 0 amide bonds. The minimum Gasteiger partial charge on any atom is -0.332 e. The van der Waals surface area contributed by atoms with Crippen LogP contribution < -0.4 is 5.32 Å². The highest BCUT2D eigenvalue weighted by atomic mass is 15.0. The van der Waals surface area contributed by atoms with Crippen LogP contribution in [0.1, 0.15) is 46.1 Å². The average molecular weight is 287 g/mol. The summed E-state index contributed by atoms with van der Waals surface area (Å²) in [5.41, 5.74) is 2.49. The number of fused-ring (bicyclic) bond motifs is 1. The van der Waals surface area contributed by atoms with Crippen LogP contribution in [-0.4, -0.2) is 16.1 Å². The van der Waals surface area contributed by atoms with E-state index in [1.165, 1.54) is 23.8 Å². The van der Waals surface area contributed by atoms with E-state index in [9.17, 15) is 0 Å². The summed E-state index contributed by atoms with van der Waals surface area (Å²) < 4.78 is 2.34. The average Bonchev–Trinajstić information content (AvgIpc) is 2.77. The Morgan fingerprint density at radius 1 is 1.29 bits per heavy atom. The van der Waals surface area contributed by atoms with Crippen LogP contribution in [-0.2, 0) is 13.1 Å². The minimum atomic E-state index is 0.682. The Kier molecular flexibility index (Phi) is 5.80. The Morgan fingerprint density at radius 2 is 2.10 bits per heavy atom. The van der Waals surface area contributed by atoms with Crippen molar-refractivity contribution in [1.29, 1.82) is 0 Å². The molecule has 2 aromatic rings. The van der Waals surface area contributed by atoms with E-state index in [0.29, 0.717) is 11.8 Å². The van der Waals surface area contributed by atoms with Gasteiger partial charge >= 0.3 is 0 Å². The molecule has 0 fully saturated rings. The third kappa shape index (κ3) is 4.31. The molecule has 0 aromatic carbocycles. The summed E-state index contributed by atoms with van der Waals surface area (Å²) in [5, 5.41) is 4.83. The molecule has 2 heterocycles. The largest absolute Gasteiger partial charge is 0.332 e. The van der Waals surface area contributed by atoms with Gasteiger partial charge in [0.25, 0.3) is 0 Å². The van der Waals surface area contributed by atoms with E-state index in [2.05, 4.69) is 54.8 Å². The van der Waals surface area contributed by atoms with Gasteiger partial charge in [-0.1, -0.05) is 34.1 Å². The number of nitrogens with one attached hydrogen (secondary N) is 1. The lowest BCUT2D eigenvalue weighted by Crippen LogP contribution is -2.18. The smallest absolute Gasteiger partial charge is 0.140 e. The first kappa shape index (κ1) is 16.0. The summed E-state index contributed by atoms with van der Waals surface area (Å²) in [6.07, 6.45) is 6.70. The van der Waals surface area contributed by atoms with Crippen LogP contribution in [0.2, 0.25) is 0 Å². The van der Waals surface area contributed by atoms with E-state index in [4.69, 9.17) is 0 Å². The fourth-order valence-corrected chi connectivity index (χ4v) is 2.89. The molecule has 1 unspecified atom stereocenters. The van der Waals surface area contributed by atoms with Crippen LogP contribution in [0.25, 0.3) is 11.0 Å². The molecule has 0 aliphatic carbocycles. The van der Waals surface area contributed by atoms with Crippen molar-refractivity contribution in [3.63, 3.8) is 0 Å². The molecule has 1 N–H and O–H groups in total. The number of aromatic nitrogens is 2. The number of rotatable bonds is 8. The van der Waals surface area contributed by atoms with Crippen molar-refractivity contribution >= 4 is 11.0 Å². The molecular weight excluding hydrogens is 258 g/mol. The second-order valence-electron chi connectivity index (χ2n) is 6.60. The SMILES string of the molecule is CCCC(C)Cn1cc(CNCC(C)C)c2cccnc21. The van der Waals surface area contributed by atoms with Gasteiger partial charge in [0.2, 0.25) is 0 Å². The first-order valence-electron chi connectivity index (χ1n) is 8.25. The molecule has 0 radical (unpaired) electrons. The van der Waals surface area contributed by atoms with E-state index in [1.807, 2.05) is 12.3 Å². The lowest BCUT2D eigenvalue weighted by Gasteiger charge is -2.11. The normalized spacial score (nSPS) is 13.2. The number of hydrogen-bond donors (Lipinski definition) is 1. The molecule has 0 saturated heterocycles. The third-order valence-corrected chi connectivity index (χ3v) is 3.87. The van der Waals surface area contributed by atoms with Gasteiger partial charge in [-0.15, -0.1) is 0 Å². The molecule has 2 rings (SSSR count). The zero-order valence-electron chi connectivity index (χ0n) is 13.9. The van der Waals surface area contributed by atoms with Gasteiger partial charge in [-0.3, -0.25) is 0 Å². The number of nitrogens with zero attached hydrogens (tertiary/aromatic N) is 2. The molecule has 116 valence electrons. The van der Waals surface area contributed by atoms with Gasteiger partial charge in [-0.25, -0.2) is 4.98 Å². The number of pyridine rings is 1. The van der Waals surface area contributed by atoms with Crippen molar-refractivity contribution in [3.8, 4) is 0 Å². The molecule has 0 spiro atoms. The lowest BCUT2D eigenvalue weighted by atomic mass is 10.1. The Bertz CT molecular complexity index is 557. The van der Waals surface area contributed by atoms with E-state index in [0.717, 1.165) is 25.3 Å². The quantitative estimate of drug-likeness (QED) is 0.788. The van der Waals surface area contributed by atoms with Gasteiger partial charge in [0.15, 0.2) is 0 Å². The van der Waals surface area contributed by atoms with Crippen molar-refractivity contribution in [2.24, 2.45) is 11.8 Å². The van der Waals surface area contributed by atoms with Crippen LogP contribution in [0, 0.1) is 11.8 Å². The highest BCUT2D eigenvalue weighted by Crippen LogP contribution is 2.21. The van der Waals surface area contributed by atoms with Crippen LogP contribution in [0.4, 0.5) is 0 Å². The maximum Gasteiger partial charge on any atom is 0.140 e. The van der Waals surface area contributed by atoms with E-state index in [1.54, 1.807) is 0 Å². The maximum atomic E-state index is 4.59. The first-order chi connectivity index (χ1) is 10.1. The second kappa shape index (κ2) is 7.60. The van der Waals surface area contributed by atoms with Gasteiger partial charge in [0.05, 0.1) is 0 Å². The third-order valence-electron chi connectivity index (χ3n) is 3.87. The van der Waals surface area contributed by atoms with Gasteiger partial charge in [-0.2, -0.15) is 0 Å². The number of hydrogen-bond acceptors (Lipinski definition) is 2. The van der Waals surface area contributed by atoms with E-state index >= 15 is 0 Å². The predicted octanol–water partition coefficient (Wildman–Crippen LogP) is 4.22. The van der Waals surface area contributed by atoms with Crippen molar-refractivity contribution in [1.82, 2.24) is 14.9 Å². The second-order valence-corrected chi connectivity index (χ2v) is 6.60. The molecule has 3 nitrogen and oxygen atoms in total.